The van der Waals surface area contributed by atoms with E-state index in [1.807, 2.05) is 0 Å². The van der Waals surface area contributed by atoms with Crippen molar-refractivity contribution >= 4 is 11.6 Å². The van der Waals surface area contributed by atoms with Crippen LogP contribution in [0.1, 0.15) is 23.2 Å². The molecule has 0 fully saturated rings. The van der Waals surface area contributed by atoms with Crippen LogP contribution in [0, 0.1) is 11.3 Å². The number of halogens is 3. The smallest absolute Gasteiger partial charge is 0.259 e. The summed E-state index contributed by atoms with van der Waals surface area (Å²) in [7, 11) is 0. The summed E-state index contributed by atoms with van der Waals surface area (Å²) >= 11 is 5.41. The predicted octanol–water partition coefficient (Wildman–Crippen LogP) is 2.63. The van der Waals surface area contributed by atoms with Crippen molar-refractivity contribution in [3.05, 3.63) is 29.1 Å². The summed E-state index contributed by atoms with van der Waals surface area (Å²) < 4.78 is 24.6. The highest BCUT2D eigenvalue weighted by Crippen LogP contribution is 2.22. The molecule has 0 aliphatic carbocycles. The molecule has 1 aromatic heterocycles. The van der Waals surface area contributed by atoms with Crippen molar-refractivity contribution in [1.29, 1.82) is 5.26 Å². The largest absolute Gasteiger partial charge is 0.265 e. The number of hydrogen-bond donors (Lipinski definition) is 0. The Balaban J connectivity index is 3.20. The van der Waals surface area contributed by atoms with Gasteiger partial charge in [0.1, 0.15) is 6.07 Å². The van der Waals surface area contributed by atoms with Crippen molar-refractivity contribution in [1.82, 2.24) is 4.98 Å². The van der Waals surface area contributed by atoms with Crippen molar-refractivity contribution in [2.24, 2.45) is 0 Å². The third kappa shape index (κ3) is 2.13. The van der Waals surface area contributed by atoms with Gasteiger partial charge in [-0.25, -0.2) is 8.78 Å². The molecule has 0 aliphatic heterocycles. The lowest BCUT2D eigenvalue weighted by Gasteiger charge is -2.03. The fourth-order valence-electron chi connectivity index (χ4n) is 0.864. The number of hydrogen-bond acceptors (Lipinski definition) is 2. The Bertz CT molecular complexity index is 346. The quantitative estimate of drug-likeness (QED) is 0.692. The monoisotopic (exact) mass is 202 g/mol. The average Bonchev–Trinajstić information content (AvgIpc) is 2.16. The van der Waals surface area contributed by atoms with Crippen molar-refractivity contribution in [3.63, 3.8) is 0 Å². The van der Waals surface area contributed by atoms with Crippen molar-refractivity contribution in [2.75, 3.05) is 0 Å². The number of aromatic nitrogens is 1. The van der Waals surface area contributed by atoms with Crippen LogP contribution >= 0.6 is 11.6 Å². The van der Waals surface area contributed by atoms with E-state index in [4.69, 9.17) is 16.9 Å². The maximum Gasteiger partial charge on any atom is 0.265 e. The first-order chi connectivity index (χ1) is 6.19. The molecule has 0 saturated carbocycles. The third-order valence-electron chi connectivity index (χ3n) is 1.49. The second kappa shape index (κ2) is 4.15. The number of pyridine rings is 1. The van der Waals surface area contributed by atoms with E-state index in [1.54, 1.807) is 6.07 Å². The van der Waals surface area contributed by atoms with E-state index in [2.05, 4.69) is 4.98 Å². The van der Waals surface area contributed by atoms with Gasteiger partial charge in [0.25, 0.3) is 6.43 Å². The molecule has 1 heterocycles. The van der Waals surface area contributed by atoms with Gasteiger partial charge in [0.15, 0.2) is 0 Å². The minimum absolute atomic E-state index is 0.0609. The van der Waals surface area contributed by atoms with Crippen LogP contribution in [-0.4, -0.2) is 4.98 Å². The molecule has 0 amide bonds. The van der Waals surface area contributed by atoms with Gasteiger partial charge in [0, 0.05) is 11.8 Å². The zero-order valence-electron chi connectivity index (χ0n) is 6.47. The topological polar surface area (TPSA) is 36.7 Å². The first-order valence-corrected chi connectivity index (χ1v) is 3.95. The molecular formula is C8H5ClF2N2. The van der Waals surface area contributed by atoms with E-state index in [1.165, 1.54) is 0 Å². The summed E-state index contributed by atoms with van der Waals surface area (Å²) in [5.41, 5.74) is -0.0759. The van der Waals surface area contributed by atoms with Gasteiger partial charge in [-0.15, -0.1) is 11.6 Å². The van der Waals surface area contributed by atoms with E-state index in [-0.39, 0.29) is 17.0 Å². The van der Waals surface area contributed by atoms with E-state index in [0.717, 1.165) is 12.3 Å². The minimum atomic E-state index is -2.67. The molecule has 0 bridgehead atoms. The number of nitriles is 1. The van der Waals surface area contributed by atoms with Crippen LogP contribution in [-0.2, 0) is 5.88 Å². The highest BCUT2D eigenvalue weighted by molar-refractivity contribution is 6.16. The minimum Gasteiger partial charge on any atom is -0.259 e. The normalized spacial score (nSPS) is 10.1. The fourth-order valence-corrected chi connectivity index (χ4v) is 1.01. The maximum absolute atomic E-state index is 12.3. The molecule has 1 rings (SSSR count). The lowest BCUT2D eigenvalue weighted by atomic mass is 10.1. The zero-order chi connectivity index (χ0) is 9.84. The second-order valence-electron chi connectivity index (χ2n) is 2.31. The molecule has 0 aliphatic rings. The van der Waals surface area contributed by atoms with Crippen molar-refractivity contribution in [3.8, 4) is 6.07 Å². The van der Waals surface area contributed by atoms with Gasteiger partial charge >= 0.3 is 0 Å². The SMILES string of the molecule is N#Cc1cnc(CCl)cc1C(F)F. The fraction of sp³-hybridized carbons (Fsp3) is 0.250. The first-order valence-electron chi connectivity index (χ1n) is 3.42. The molecule has 0 spiro atoms. The van der Waals surface area contributed by atoms with Gasteiger partial charge in [0.2, 0.25) is 0 Å². The number of alkyl halides is 3. The molecule has 5 heteroatoms. The Hall–Kier alpha value is -1.21. The van der Waals surface area contributed by atoms with Crippen LogP contribution in [0.5, 0.6) is 0 Å². The molecule has 0 saturated heterocycles. The zero-order valence-corrected chi connectivity index (χ0v) is 7.22. The molecule has 2 nitrogen and oxygen atoms in total. The molecule has 68 valence electrons. The Kier molecular flexibility index (Phi) is 3.15. The molecule has 13 heavy (non-hydrogen) atoms. The Morgan fingerprint density at radius 1 is 1.62 bits per heavy atom. The molecule has 0 N–H and O–H groups in total. The molecule has 1 aromatic rings. The van der Waals surface area contributed by atoms with E-state index in [0.29, 0.717) is 5.69 Å². The summed E-state index contributed by atoms with van der Waals surface area (Å²) in [6.45, 7) is 0. The van der Waals surface area contributed by atoms with Crippen LogP contribution in [0.25, 0.3) is 0 Å². The summed E-state index contributed by atoms with van der Waals surface area (Å²) in [4.78, 5) is 3.72. The molecule has 0 radical (unpaired) electrons. The van der Waals surface area contributed by atoms with Crippen LogP contribution < -0.4 is 0 Å². The molecule has 0 atom stereocenters. The number of nitrogens with zero attached hydrogens (tertiary/aromatic N) is 2. The lowest BCUT2D eigenvalue weighted by Crippen LogP contribution is -1.95. The van der Waals surface area contributed by atoms with E-state index < -0.39 is 6.43 Å². The second-order valence-corrected chi connectivity index (χ2v) is 2.58. The van der Waals surface area contributed by atoms with Gasteiger partial charge in [0.05, 0.1) is 17.1 Å². The summed E-state index contributed by atoms with van der Waals surface area (Å²) in [6.07, 6.45) is -1.56. The maximum atomic E-state index is 12.3. The average molecular weight is 203 g/mol. The Morgan fingerprint density at radius 3 is 2.77 bits per heavy atom. The number of rotatable bonds is 2. The van der Waals surface area contributed by atoms with Gasteiger partial charge < -0.3 is 0 Å². The van der Waals surface area contributed by atoms with Crippen molar-refractivity contribution in [2.45, 2.75) is 12.3 Å². The van der Waals surface area contributed by atoms with Crippen LogP contribution in [0.2, 0.25) is 0 Å². The molecular weight excluding hydrogens is 198 g/mol. The van der Waals surface area contributed by atoms with Crippen molar-refractivity contribution < 1.29 is 8.78 Å². The van der Waals surface area contributed by atoms with Gasteiger partial charge in [-0.05, 0) is 6.07 Å². The standard InChI is InChI=1S/C8H5ClF2N2/c9-2-6-1-7(8(10)11)5(3-12)4-13-6/h1,4,8H,2H2. The molecule has 0 unspecified atom stereocenters. The summed E-state index contributed by atoms with van der Waals surface area (Å²) in [5.74, 6) is 0.0609. The lowest BCUT2D eigenvalue weighted by molar-refractivity contribution is 0.151. The first kappa shape index (κ1) is 9.87. The highest BCUT2D eigenvalue weighted by Gasteiger charge is 2.13. The van der Waals surface area contributed by atoms with Crippen LogP contribution in [0.3, 0.4) is 0 Å². The third-order valence-corrected chi connectivity index (χ3v) is 1.76. The summed E-state index contributed by atoms with van der Waals surface area (Å²) in [5, 5.41) is 8.47. The highest BCUT2D eigenvalue weighted by atomic mass is 35.5. The predicted molar refractivity (Wildman–Crippen MR) is 43.5 cm³/mol. The van der Waals surface area contributed by atoms with Gasteiger partial charge in [-0.2, -0.15) is 5.26 Å². The van der Waals surface area contributed by atoms with E-state index in [9.17, 15) is 8.78 Å². The Labute approximate surface area is 78.8 Å². The Morgan fingerprint density at radius 2 is 2.31 bits per heavy atom. The van der Waals surface area contributed by atoms with E-state index >= 15 is 0 Å². The van der Waals surface area contributed by atoms with Crippen LogP contribution in [0.4, 0.5) is 8.78 Å². The summed E-state index contributed by atoms with van der Waals surface area (Å²) in [6, 6.07) is 2.79. The van der Waals surface area contributed by atoms with Crippen LogP contribution in [0.15, 0.2) is 12.3 Å². The van der Waals surface area contributed by atoms with Gasteiger partial charge in [-0.1, -0.05) is 0 Å². The molecule has 0 aromatic carbocycles. The van der Waals surface area contributed by atoms with Gasteiger partial charge in [-0.3, -0.25) is 4.98 Å².